The van der Waals surface area contributed by atoms with Gasteiger partial charge in [-0.05, 0) is 31.4 Å². The van der Waals surface area contributed by atoms with Crippen LogP contribution in [0.1, 0.15) is 27.2 Å². The molecule has 0 saturated carbocycles. The normalized spacial score (nSPS) is 25.4. The largest absolute Gasteiger partial charge is 0.437 e. The van der Waals surface area contributed by atoms with Gasteiger partial charge < -0.3 is 19.1 Å². The van der Waals surface area contributed by atoms with E-state index < -0.39 is 15.4 Å². The number of rotatable bonds is 4. The number of hydrogen-bond donors (Lipinski definition) is 1. The highest BCUT2D eigenvalue weighted by molar-refractivity contribution is 6.74. The first-order chi connectivity index (χ1) is 8.58. The Morgan fingerprint density at radius 3 is 2.47 bits per heavy atom. The highest BCUT2D eigenvalue weighted by atomic mass is 28.4. The molecule has 1 N–H and O–H groups in total. The average Bonchev–Trinajstić information content (AvgIpc) is 2.59. The Balaban J connectivity index is 2.71. The van der Waals surface area contributed by atoms with Crippen LogP contribution in [-0.2, 0) is 4.43 Å². The zero-order chi connectivity index (χ0) is 14.8. The fourth-order valence-electron chi connectivity index (χ4n) is 2.32. The van der Waals surface area contributed by atoms with Crippen LogP contribution in [0.15, 0.2) is 0 Å². The van der Waals surface area contributed by atoms with Crippen LogP contribution in [0, 0.1) is 6.57 Å². The summed E-state index contributed by atoms with van der Waals surface area (Å²) in [4.78, 5) is 5.48. The van der Waals surface area contributed by atoms with Crippen LogP contribution in [0.4, 0.5) is 0 Å². The molecule has 1 rings (SSSR count). The van der Waals surface area contributed by atoms with Crippen LogP contribution in [0.5, 0.6) is 0 Å². The third-order valence-electron chi connectivity index (χ3n) is 4.47. The van der Waals surface area contributed by atoms with Crippen molar-refractivity contribution in [3.63, 3.8) is 0 Å². The van der Waals surface area contributed by atoms with Crippen molar-refractivity contribution in [1.29, 1.82) is 0 Å². The highest BCUT2D eigenvalue weighted by Gasteiger charge is 2.44. The van der Waals surface area contributed by atoms with Crippen molar-refractivity contribution in [2.45, 2.75) is 64.3 Å². The second kappa shape index (κ2) is 5.96. The summed E-state index contributed by atoms with van der Waals surface area (Å²) >= 11 is 0. The van der Waals surface area contributed by atoms with Gasteiger partial charge in [0.25, 0.3) is 0 Å². The lowest BCUT2D eigenvalue weighted by atomic mass is 9.84. The van der Waals surface area contributed by atoms with Gasteiger partial charge in [0.2, 0.25) is 6.54 Å². The zero-order valence-corrected chi connectivity index (χ0v) is 14.1. The van der Waals surface area contributed by atoms with Gasteiger partial charge in [0, 0.05) is 6.54 Å². The summed E-state index contributed by atoms with van der Waals surface area (Å²) in [6.45, 7) is 21.2. The van der Waals surface area contributed by atoms with Crippen LogP contribution < -0.4 is 0 Å². The van der Waals surface area contributed by atoms with E-state index in [0.29, 0.717) is 6.54 Å². The molecule has 1 aliphatic rings. The summed E-state index contributed by atoms with van der Waals surface area (Å²) in [5.74, 6) is 0. The molecule has 1 heterocycles. The molecule has 0 radical (unpaired) electrons. The van der Waals surface area contributed by atoms with Crippen molar-refractivity contribution in [1.82, 2.24) is 4.81 Å². The van der Waals surface area contributed by atoms with E-state index in [1.54, 1.807) is 6.82 Å². The smallest absolute Gasteiger partial charge is 0.376 e. The molecule has 0 spiro atoms. The van der Waals surface area contributed by atoms with Crippen LogP contribution in [0.25, 0.3) is 4.85 Å². The topological polar surface area (TPSA) is 37.1 Å². The van der Waals surface area contributed by atoms with Crippen molar-refractivity contribution in [2.75, 3.05) is 13.1 Å². The van der Waals surface area contributed by atoms with Crippen LogP contribution in [-0.4, -0.2) is 50.4 Å². The Morgan fingerprint density at radius 1 is 1.47 bits per heavy atom. The molecule has 1 fully saturated rings. The minimum atomic E-state index is -1.77. The quantitative estimate of drug-likeness (QED) is 0.636. The molecule has 0 aromatic heterocycles. The van der Waals surface area contributed by atoms with Gasteiger partial charge in [0.05, 0.1) is 12.1 Å². The minimum absolute atomic E-state index is 0.132. The second-order valence-corrected chi connectivity index (χ2v) is 11.8. The van der Waals surface area contributed by atoms with Gasteiger partial charge in [0.15, 0.2) is 8.32 Å². The van der Waals surface area contributed by atoms with Gasteiger partial charge in [-0.3, -0.25) is 0 Å². The van der Waals surface area contributed by atoms with Gasteiger partial charge in [-0.2, -0.15) is 0 Å². The van der Waals surface area contributed by atoms with Gasteiger partial charge in [-0.15, -0.1) is 0 Å². The molecule has 0 unspecified atom stereocenters. The lowest BCUT2D eigenvalue weighted by Gasteiger charge is -2.38. The molecule has 1 saturated heterocycles. The summed E-state index contributed by atoms with van der Waals surface area (Å²) in [5, 5.41) is 10.00. The standard InChI is InChI=1S/C13H27BN2O2Si/c1-13(2,3)19(6,7)18-12-8-11(9-15-5)16(10-12)14(4)17/h11-12,17H,8-10H2,1-4,6-7H3/t11-,12+/m1/s1. The molecule has 1 aliphatic heterocycles. The molecule has 0 aromatic rings. The minimum Gasteiger partial charge on any atom is -0.437 e. The van der Waals surface area contributed by atoms with E-state index in [1.807, 2.05) is 4.81 Å². The molecular formula is C13H27BN2O2Si. The van der Waals surface area contributed by atoms with Gasteiger partial charge in [0.1, 0.15) is 0 Å². The Bertz CT molecular complexity index is 350. The predicted molar refractivity (Wildman–Crippen MR) is 82.5 cm³/mol. The lowest BCUT2D eigenvalue weighted by molar-refractivity contribution is 0.191. The molecule has 19 heavy (non-hydrogen) atoms. The van der Waals surface area contributed by atoms with E-state index in [4.69, 9.17) is 11.0 Å². The van der Waals surface area contributed by atoms with Crippen molar-refractivity contribution >= 4 is 15.4 Å². The van der Waals surface area contributed by atoms with E-state index in [9.17, 15) is 5.02 Å². The fraction of sp³-hybridized carbons (Fsp3) is 0.923. The van der Waals surface area contributed by atoms with E-state index in [2.05, 4.69) is 38.7 Å². The van der Waals surface area contributed by atoms with Crippen molar-refractivity contribution in [2.24, 2.45) is 0 Å². The fourth-order valence-corrected chi connectivity index (χ4v) is 3.68. The molecule has 2 atom stereocenters. The third-order valence-corrected chi connectivity index (χ3v) is 9.00. The molecule has 0 amide bonds. The maximum absolute atomic E-state index is 9.80. The molecule has 0 bridgehead atoms. The van der Waals surface area contributed by atoms with Crippen LogP contribution in [0.2, 0.25) is 25.0 Å². The number of nitrogens with zero attached hydrogens (tertiary/aromatic N) is 2. The van der Waals surface area contributed by atoms with E-state index >= 15 is 0 Å². The number of hydrogen-bond acceptors (Lipinski definition) is 3. The van der Waals surface area contributed by atoms with Crippen molar-refractivity contribution in [3.05, 3.63) is 11.4 Å². The molecule has 108 valence electrons. The van der Waals surface area contributed by atoms with Crippen molar-refractivity contribution in [3.8, 4) is 0 Å². The first-order valence-electron chi connectivity index (χ1n) is 7.03. The Labute approximate surface area is 119 Å². The molecule has 6 heteroatoms. The highest BCUT2D eigenvalue weighted by Crippen LogP contribution is 2.38. The van der Waals surface area contributed by atoms with Gasteiger partial charge in [-0.1, -0.05) is 20.8 Å². The molecule has 4 nitrogen and oxygen atoms in total. The summed E-state index contributed by atoms with van der Waals surface area (Å²) in [5.41, 5.74) is 0. The first-order valence-corrected chi connectivity index (χ1v) is 9.94. The van der Waals surface area contributed by atoms with E-state index in [-0.39, 0.29) is 17.2 Å². The third kappa shape index (κ3) is 4.06. The SMILES string of the molecule is [C-]#[N+]C[C@H]1C[C@H](O[Si](C)(C)C(C)(C)C)CN1B(C)O. The van der Waals surface area contributed by atoms with Crippen LogP contribution >= 0.6 is 0 Å². The summed E-state index contributed by atoms with van der Waals surface area (Å²) in [7, 11) is -2.27. The molecule has 0 aromatic carbocycles. The van der Waals surface area contributed by atoms with E-state index in [1.165, 1.54) is 0 Å². The first kappa shape index (κ1) is 16.7. The molecular weight excluding hydrogens is 255 g/mol. The summed E-state index contributed by atoms with van der Waals surface area (Å²) in [6, 6.07) is 0.132. The van der Waals surface area contributed by atoms with Crippen molar-refractivity contribution < 1.29 is 9.45 Å². The van der Waals surface area contributed by atoms with Gasteiger partial charge >= 0.3 is 7.05 Å². The maximum Gasteiger partial charge on any atom is 0.376 e. The lowest BCUT2D eigenvalue weighted by Crippen LogP contribution is -2.45. The van der Waals surface area contributed by atoms with Gasteiger partial charge in [-0.25, -0.2) is 6.57 Å². The van der Waals surface area contributed by atoms with Crippen LogP contribution in [0.3, 0.4) is 0 Å². The predicted octanol–water partition coefficient (Wildman–Crippen LogP) is 2.48. The Hall–Kier alpha value is -0.348. The Morgan fingerprint density at radius 2 is 2.05 bits per heavy atom. The maximum atomic E-state index is 9.80. The van der Waals surface area contributed by atoms with E-state index in [0.717, 1.165) is 13.0 Å². The summed E-state index contributed by atoms with van der Waals surface area (Å²) in [6.07, 6.45) is 1.02. The molecule has 0 aliphatic carbocycles. The summed E-state index contributed by atoms with van der Waals surface area (Å²) < 4.78 is 6.40. The second-order valence-electron chi connectivity index (χ2n) is 7.06. The average molecular weight is 282 g/mol. The monoisotopic (exact) mass is 282 g/mol. The Kier molecular flexibility index (Phi) is 5.24. The zero-order valence-electron chi connectivity index (χ0n) is 13.1.